The molecule has 3 heterocycles. The largest absolute Gasteiger partial charge is 0.368 e. The summed E-state index contributed by atoms with van der Waals surface area (Å²) in [7, 11) is -3.17. The highest BCUT2D eigenvalue weighted by molar-refractivity contribution is 7.91. The number of rotatable bonds is 5. The summed E-state index contributed by atoms with van der Waals surface area (Å²) in [5.74, 6) is -1.31. The quantitative estimate of drug-likeness (QED) is 0.654. The van der Waals surface area contributed by atoms with E-state index in [4.69, 9.17) is 5.73 Å². The number of anilines is 2. The zero-order valence-electron chi connectivity index (χ0n) is 19.2. The van der Waals surface area contributed by atoms with Gasteiger partial charge in [0.25, 0.3) is 5.91 Å². The number of aromatic nitrogens is 2. The molecule has 2 aliphatic heterocycles. The Hall–Kier alpha value is -3.28. The molecular formula is C22H27FN6O4S. The number of hydrazone groups is 1. The van der Waals surface area contributed by atoms with Gasteiger partial charge >= 0.3 is 0 Å². The van der Waals surface area contributed by atoms with E-state index < -0.39 is 39.6 Å². The molecule has 10 nitrogen and oxygen atoms in total. The first-order valence-corrected chi connectivity index (χ1v) is 12.7. The van der Waals surface area contributed by atoms with Gasteiger partial charge in [-0.15, -0.1) is 0 Å². The van der Waals surface area contributed by atoms with Crippen molar-refractivity contribution in [1.82, 2.24) is 9.78 Å². The lowest BCUT2D eigenvalue weighted by Gasteiger charge is -2.20. The maximum absolute atomic E-state index is 13.3. The molecule has 1 saturated heterocycles. The van der Waals surface area contributed by atoms with Crippen LogP contribution in [0.3, 0.4) is 0 Å². The van der Waals surface area contributed by atoms with Crippen molar-refractivity contribution in [3.63, 3.8) is 0 Å². The molecule has 0 saturated carbocycles. The van der Waals surface area contributed by atoms with Crippen LogP contribution in [-0.2, 0) is 24.8 Å². The minimum atomic E-state index is -3.17. The van der Waals surface area contributed by atoms with E-state index in [1.165, 1.54) is 29.3 Å². The van der Waals surface area contributed by atoms with Gasteiger partial charge in [-0.1, -0.05) is 20.8 Å². The van der Waals surface area contributed by atoms with Gasteiger partial charge < -0.3 is 11.1 Å². The highest BCUT2D eigenvalue weighted by Gasteiger charge is 2.37. The Morgan fingerprint density at radius 1 is 1.21 bits per heavy atom. The fourth-order valence-corrected chi connectivity index (χ4v) is 5.68. The summed E-state index contributed by atoms with van der Waals surface area (Å²) in [5, 5.41) is 13.0. The molecule has 0 bridgehead atoms. The van der Waals surface area contributed by atoms with E-state index in [0.29, 0.717) is 23.6 Å². The molecule has 3 N–H and O–H groups in total. The van der Waals surface area contributed by atoms with Gasteiger partial charge in [-0.3, -0.25) is 14.6 Å². The molecule has 0 spiro atoms. The standard InChI is InChI=1S/C22H27FN6O4S/c1-22(2,3)18-11-19(29(27-18)15-8-9-34(32,33)12-15)25-21(31)16-10-17(20(24)30)28(26-16)14-6-4-13(23)5-7-14/h4-7,11,15,17H,8-10,12H2,1-3H3,(H2,24,30)(H,25,31)/t15-,17+/m1/s1. The zero-order chi connectivity index (χ0) is 24.8. The van der Waals surface area contributed by atoms with Crippen LogP contribution in [-0.4, -0.2) is 53.3 Å². The Balaban J connectivity index is 1.63. The molecule has 1 aromatic heterocycles. The van der Waals surface area contributed by atoms with Gasteiger partial charge in [-0.25, -0.2) is 17.5 Å². The van der Waals surface area contributed by atoms with Crippen LogP contribution in [0.2, 0.25) is 0 Å². The van der Waals surface area contributed by atoms with Crippen molar-refractivity contribution in [3.8, 4) is 0 Å². The van der Waals surface area contributed by atoms with Crippen LogP contribution in [0.25, 0.3) is 0 Å². The van der Waals surface area contributed by atoms with Gasteiger partial charge in [-0.2, -0.15) is 10.2 Å². The molecule has 0 aliphatic carbocycles. The maximum Gasteiger partial charge on any atom is 0.273 e. The normalized spacial score (nSPS) is 22.0. The molecule has 182 valence electrons. The average Bonchev–Trinajstić information content (AvgIpc) is 3.44. The summed E-state index contributed by atoms with van der Waals surface area (Å²) >= 11 is 0. The first kappa shape index (κ1) is 23.9. The molecule has 2 aliphatic rings. The number of carbonyl (C=O) groups excluding carboxylic acids is 2. The van der Waals surface area contributed by atoms with Crippen molar-refractivity contribution in [2.45, 2.75) is 51.1 Å². The summed E-state index contributed by atoms with van der Waals surface area (Å²) in [5.41, 5.74) is 6.38. The molecule has 12 heteroatoms. The second-order valence-corrected chi connectivity index (χ2v) is 11.8. The van der Waals surface area contributed by atoms with Crippen LogP contribution in [0.1, 0.15) is 45.3 Å². The lowest BCUT2D eigenvalue weighted by Crippen LogP contribution is -2.39. The first-order chi connectivity index (χ1) is 15.8. The number of benzene rings is 1. The second-order valence-electron chi connectivity index (χ2n) is 9.61. The Morgan fingerprint density at radius 3 is 2.44 bits per heavy atom. The van der Waals surface area contributed by atoms with Gasteiger partial charge in [0.1, 0.15) is 23.4 Å². The Morgan fingerprint density at radius 2 is 1.88 bits per heavy atom. The third-order valence-corrected chi connectivity index (χ3v) is 7.64. The molecule has 1 aromatic carbocycles. The van der Waals surface area contributed by atoms with E-state index in [-0.39, 0.29) is 29.1 Å². The summed E-state index contributed by atoms with van der Waals surface area (Å²) < 4.78 is 38.9. The number of carbonyl (C=O) groups is 2. The van der Waals surface area contributed by atoms with Crippen molar-refractivity contribution < 1.29 is 22.4 Å². The van der Waals surface area contributed by atoms with E-state index in [0.717, 1.165) is 0 Å². The van der Waals surface area contributed by atoms with E-state index in [1.54, 1.807) is 10.7 Å². The van der Waals surface area contributed by atoms with E-state index >= 15 is 0 Å². The molecule has 2 atom stereocenters. The molecule has 34 heavy (non-hydrogen) atoms. The van der Waals surface area contributed by atoms with E-state index in [2.05, 4.69) is 15.5 Å². The SMILES string of the molecule is CC(C)(C)c1cc(NC(=O)C2=NN(c3ccc(F)cc3)[C@H](C(N)=O)C2)n([C@@H]2CCS(=O)(=O)C2)n1. The number of amides is 2. The number of halogens is 1. The lowest BCUT2D eigenvalue weighted by atomic mass is 9.92. The van der Waals surface area contributed by atoms with Crippen molar-refractivity contribution in [2.75, 3.05) is 21.8 Å². The van der Waals surface area contributed by atoms with Crippen LogP contribution in [0, 0.1) is 5.82 Å². The molecular weight excluding hydrogens is 463 g/mol. The number of hydrogen-bond donors (Lipinski definition) is 2. The fraction of sp³-hybridized carbons (Fsp3) is 0.455. The third-order valence-electron chi connectivity index (χ3n) is 5.89. The van der Waals surface area contributed by atoms with Gasteiger partial charge in [0.05, 0.1) is 28.9 Å². The van der Waals surface area contributed by atoms with Crippen molar-refractivity contribution in [1.29, 1.82) is 0 Å². The highest BCUT2D eigenvalue weighted by Crippen LogP contribution is 2.31. The van der Waals surface area contributed by atoms with Gasteiger partial charge in [0, 0.05) is 17.9 Å². The van der Waals surface area contributed by atoms with Crippen LogP contribution < -0.4 is 16.1 Å². The summed E-state index contributed by atoms with van der Waals surface area (Å²) in [6.45, 7) is 5.90. The van der Waals surface area contributed by atoms with Crippen LogP contribution in [0.4, 0.5) is 15.9 Å². The fourth-order valence-electron chi connectivity index (χ4n) is 3.99. The molecule has 0 unspecified atom stereocenters. The number of nitrogens with zero attached hydrogens (tertiary/aromatic N) is 4. The van der Waals surface area contributed by atoms with E-state index in [9.17, 15) is 22.4 Å². The summed E-state index contributed by atoms with van der Waals surface area (Å²) in [4.78, 5) is 25.1. The highest BCUT2D eigenvalue weighted by atomic mass is 32.2. The average molecular weight is 491 g/mol. The number of hydrogen-bond acceptors (Lipinski definition) is 7. The van der Waals surface area contributed by atoms with Gasteiger partial charge in [0.2, 0.25) is 5.91 Å². The van der Waals surface area contributed by atoms with E-state index in [1.807, 2.05) is 20.8 Å². The molecule has 2 aromatic rings. The second kappa shape index (κ2) is 8.49. The number of sulfone groups is 1. The molecule has 1 fully saturated rings. The first-order valence-electron chi connectivity index (χ1n) is 10.9. The van der Waals surface area contributed by atoms with Crippen molar-refractivity contribution in [3.05, 3.63) is 41.8 Å². The number of primary amides is 1. The molecule has 4 rings (SSSR count). The third kappa shape index (κ3) is 4.81. The summed E-state index contributed by atoms with van der Waals surface area (Å²) in [6, 6.07) is 5.77. The van der Waals surface area contributed by atoms with Crippen molar-refractivity contribution in [2.24, 2.45) is 10.8 Å². The van der Waals surface area contributed by atoms with Crippen LogP contribution in [0.5, 0.6) is 0 Å². The van der Waals surface area contributed by atoms with Crippen LogP contribution >= 0.6 is 0 Å². The Labute approximate surface area is 196 Å². The smallest absolute Gasteiger partial charge is 0.273 e. The minimum absolute atomic E-state index is 0.0311. The molecule has 0 radical (unpaired) electrons. The maximum atomic E-state index is 13.3. The van der Waals surface area contributed by atoms with Crippen molar-refractivity contribution >= 4 is 38.9 Å². The number of nitrogens with two attached hydrogens (primary N) is 1. The van der Waals surface area contributed by atoms with Crippen LogP contribution in [0.15, 0.2) is 35.4 Å². The predicted molar refractivity (Wildman–Crippen MR) is 126 cm³/mol. The topological polar surface area (TPSA) is 140 Å². The lowest BCUT2D eigenvalue weighted by molar-refractivity contribution is -0.119. The Kier molecular flexibility index (Phi) is 5.96. The summed E-state index contributed by atoms with van der Waals surface area (Å²) in [6.07, 6.45) is 0.371. The molecule has 2 amide bonds. The zero-order valence-corrected chi connectivity index (χ0v) is 20.0. The van der Waals surface area contributed by atoms with Gasteiger partial charge in [0.15, 0.2) is 9.84 Å². The minimum Gasteiger partial charge on any atom is -0.368 e. The number of nitrogens with one attached hydrogen (secondary N) is 1. The Bertz CT molecular complexity index is 1260. The van der Waals surface area contributed by atoms with Gasteiger partial charge in [-0.05, 0) is 30.7 Å². The predicted octanol–water partition coefficient (Wildman–Crippen LogP) is 1.74. The monoisotopic (exact) mass is 490 g/mol.